The molecule has 6 heteroatoms. The van der Waals surface area contributed by atoms with Crippen LogP contribution < -0.4 is 15.6 Å². The monoisotopic (exact) mass is 452 g/mol. The van der Waals surface area contributed by atoms with E-state index in [1.54, 1.807) is 12.1 Å². The molecule has 0 unspecified atom stereocenters. The van der Waals surface area contributed by atoms with Crippen LogP contribution in [0.3, 0.4) is 0 Å². The lowest BCUT2D eigenvalue weighted by Gasteiger charge is -2.13. The third-order valence-corrected chi connectivity index (χ3v) is 4.80. The number of aryl methyl sites for hydroxylation is 2. The van der Waals surface area contributed by atoms with Crippen LogP contribution in [0.4, 0.5) is 0 Å². The quantitative estimate of drug-likeness (QED) is 0.557. The first-order chi connectivity index (χ1) is 13.9. The van der Waals surface area contributed by atoms with Crippen molar-refractivity contribution in [2.75, 3.05) is 6.61 Å². The zero-order chi connectivity index (χ0) is 20.8. The number of rotatable bonds is 5. The minimum Gasteiger partial charge on any atom is -0.483 e. The Bertz CT molecular complexity index is 995. The highest BCUT2D eigenvalue weighted by Gasteiger charge is 2.11. The van der Waals surface area contributed by atoms with Gasteiger partial charge in [-0.25, -0.2) is 0 Å². The van der Waals surface area contributed by atoms with Crippen LogP contribution in [0.2, 0.25) is 0 Å². The first-order valence-electron chi connectivity index (χ1n) is 9.08. The Morgan fingerprint density at radius 3 is 2.07 bits per heavy atom. The minimum absolute atomic E-state index is 0.198. The molecular weight excluding hydrogens is 432 g/mol. The largest absolute Gasteiger partial charge is 0.483 e. The lowest BCUT2D eigenvalue weighted by molar-refractivity contribution is -0.123. The van der Waals surface area contributed by atoms with E-state index < -0.39 is 11.8 Å². The molecule has 0 bridgehead atoms. The molecule has 0 aliphatic heterocycles. The highest BCUT2D eigenvalue weighted by molar-refractivity contribution is 9.10. The fraction of sp³-hybridized carbons (Fsp3) is 0.130. The number of hydrogen-bond donors (Lipinski definition) is 2. The maximum absolute atomic E-state index is 12.2. The van der Waals surface area contributed by atoms with Gasteiger partial charge >= 0.3 is 0 Å². The Balaban J connectivity index is 1.52. The Hall–Kier alpha value is -3.12. The molecule has 3 aromatic carbocycles. The van der Waals surface area contributed by atoms with Gasteiger partial charge in [-0.1, -0.05) is 58.4 Å². The van der Waals surface area contributed by atoms with Crippen LogP contribution in [0.25, 0.3) is 11.1 Å². The number of hydrazine groups is 1. The van der Waals surface area contributed by atoms with Crippen LogP contribution >= 0.6 is 15.9 Å². The first kappa shape index (κ1) is 20.6. The van der Waals surface area contributed by atoms with Crippen molar-refractivity contribution in [3.63, 3.8) is 0 Å². The summed E-state index contributed by atoms with van der Waals surface area (Å²) in [6.45, 7) is 3.62. The standard InChI is InChI=1S/C23H21BrN2O3/c1-15-12-20(24)13-16(2)22(15)29-14-21(27)25-26-23(28)19-10-8-18(9-11-19)17-6-4-3-5-7-17/h3-13H,14H2,1-2H3,(H,25,27)(H,26,28). The molecule has 0 saturated heterocycles. The summed E-state index contributed by atoms with van der Waals surface area (Å²) >= 11 is 3.43. The molecule has 148 valence electrons. The number of carbonyl (C=O) groups excluding carboxylic acids is 2. The van der Waals surface area contributed by atoms with E-state index in [0.29, 0.717) is 11.3 Å². The van der Waals surface area contributed by atoms with Crippen LogP contribution in [-0.2, 0) is 4.79 Å². The van der Waals surface area contributed by atoms with Gasteiger partial charge in [-0.3, -0.25) is 20.4 Å². The van der Waals surface area contributed by atoms with Gasteiger partial charge in [-0.05, 0) is 60.4 Å². The molecule has 0 radical (unpaired) electrons. The summed E-state index contributed by atoms with van der Waals surface area (Å²) in [7, 11) is 0. The molecule has 0 fully saturated rings. The van der Waals surface area contributed by atoms with E-state index in [-0.39, 0.29) is 6.61 Å². The van der Waals surface area contributed by atoms with Crippen molar-refractivity contribution < 1.29 is 14.3 Å². The van der Waals surface area contributed by atoms with Crippen molar-refractivity contribution in [3.05, 3.63) is 87.9 Å². The molecule has 0 spiro atoms. The molecule has 0 aliphatic carbocycles. The van der Waals surface area contributed by atoms with E-state index in [0.717, 1.165) is 26.7 Å². The summed E-state index contributed by atoms with van der Waals surface area (Å²) in [5.74, 6) is -0.180. The summed E-state index contributed by atoms with van der Waals surface area (Å²) in [4.78, 5) is 24.3. The maximum Gasteiger partial charge on any atom is 0.276 e. The minimum atomic E-state index is -0.444. The first-order valence-corrected chi connectivity index (χ1v) is 9.87. The Morgan fingerprint density at radius 1 is 0.862 bits per heavy atom. The number of halogens is 1. The van der Waals surface area contributed by atoms with Gasteiger partial charge in [-0.2, -0.15) is 0 Å². The number of hydrogen-bond acceptors (Lipinski definition) is 3. The third-order valence-electron chi connectivity index (χ3n) is 4.34. The average molecular weight is 453 g/mol. The Kier molecular flexibility index (Phi) is 6.67. The predicted molar refractivity (Wildman–Crippen MR) is 117 cm³/mol. The normalized spacial score (nSPS) is 10.3. The van der Waals surface area contributed by atoms with E-state index in [9.17, 15) is 9.59 Å². The van der Waals surface area contributed by atoms with Gasteiger partial charge in [0.25, 0.3) is 11.8 Å². The molecule has 2 N–H and O–H groups in total. The van der Waals surface area contributed by atoms with E-state index in [4.69, 9.17) is 4.74 Å². The molecular formula is C23H21BrN2O3. The van der Waals surface area contributed by atoms with Gasteiger partial charge in [0.1, 0.15) is 5.75 Å². The summed E-state index contributed by atoms with van der Waals surface area (Å²) in [6.07, 6.45) is 0. The molecule has 5 nitrogen and oxygen atoms in total. The number of nitrogens with one attached hydrogen (secondary N) is 2. The highest BCUT2D eigenvalue weighted by atomic mass is 79.9. The SMILES string of the molecule is Cc1cc(Br)cc(C)c1OCC(=O)NNC(=O)c1ccc(-c2ccccc2)cc1. The topological polar surface area (TPSA) is 67.4 Å². The molecule has 2 amide bonds. The summed E-state index contributed by atoms with van der Waals surface area (Å²) in [6, 6.07) is 20.9. The Labute approximate surface area is 178 Å². The molecule has 0 atom stereocenters. The molecule has 0 heterocycles. The summed E-state index contributed by atoms with van der Waals surface area (Å²) in [5, 5.41) is 0. The molecule has 0 aliphatic rings. The third kappa shape index (κ3) is 5.45. The van der Waals surface area contributed by atoms with E-state index in [1.807, 2.05) is 68.4 Å². The Morgan fingerprint density at radius 2 is 1.45 bits per heavy atom. The van der Waals surface area contributed by atoms with Crippen molar-refractivity contribution in [2.24, 2.45) is 0 Å². The lowest BCUT2D eigenvalue weighted by atomic mass is 10.0. The molecule has 29 heavy (non-hydrogen) atoms. The van der Waals surface area contributed by atoms with Gasteiger partial charge in [-0.15, -0.1) is 0 Å². The van der Waals surface area contributed by atoms with Gasteiger partial charge < -0.3 is 4.74 Å². The average Bonchev–Trinajstić information content (AvgIpc) is 2.72. The van der Waals surface area contributed by atoms with Crippen molar-refractivity contribution >= 4 is 27.7 Å². The number of benzene rings is 3. The second kappa shape index (κ2) is 9.39. The second-order valence-corrected chi connectivity index (χ2v) is 7.52. The smallest absolute Gasteiger partial charge is 0.276 e. The van der Waals surface area contributed by atoms with Crippen molar-refractivity contribution in [2.45, 2.75) is 13.8 Å². The van der Waals surface area contributed by atoms with Crippen LogP contribution in [0.15, 0.2) is 71.2 Å². The van der Waals surface area contributed by atoms with E-state index >= 15 is 0 Å². The van der Waals surface area contributed by atoms with E-state index in [2.05, 4.69) is 26.8 Å². The lowest BCUT2D eigenvalue weighted by Crippen LogP contribution is -2.43. The number of carbonyl (C=O) groups is 2. The zero-order valence-corrected chi connectivity index (χ0v) is 17.7. The molecule has 0 aromatic heterocycles. The maximum atomic E-state index is 12.2. The summed E-state index contributed by atoms with van der Waals surface area (Å²) < 4.78 is 6.56. The van der Waals surface area contributed by atoms with Crippen molar-refractivity contribution in [1.29, 1.82) is 0 Å². The highest BCUT2D eigenvalue weighted by Crippen LogP contribution is 2.27. The van der Waals surface area contributed by atoms with Gasteiger partial charge in [0.15, 0.2) is 6.61 Å². The zero-order valence-electron chi connectivity index (χ0n) is 16.2. The molecule has 0 saturated carbocycles. The van der Waals surface area contributed by atoms with Crippen LogP contribution in [0, 0.1) is 13.8 Å². The van der Waals surface area contributed by atoms with Gasteiger partial charge in [0.2, 0.25) is 0 Å². The van der Waals surface area contributed by atoms with Crippen LogP contribution in [0.1, 0.15) is 21.5 Å². The van der Waals surface area contributed by atoms with E-state index in [1.165, 1.54) is 0 Å². The second-order valence-electron chi connectivity index (χ2n) is 6.60. The summed E-state index contributed by atoms with van der Waals surface area (Å²) in [5.41, 5.74) is 9.16. The fourth-order valence-electron chi connectivity index (χ4n) is 2.94. The fourth-order valence-corrected chi connectivity index (χ4v) is 3.63. The molecule has 3 aromatic rings. The van der Waals surface area contributed by atoms with Crippen molar-refractivity contribution in [1.82, 2.24) is 10.9 Å². The van der Waals surface area contributed by atoms with Crippen molar-refractivity contribution in [3.8, 4) is 16.9 Å². The predicted octanol–water partition coefficient (Wildman–Crippen LogP) is 4.57. The van der Waals surface area contributed by atoms with Crippen LogP contribution in [-0.4, -0.2) is 18.4 Å². The van der Waals surface area contributed by atoms with Gasteiger partial charge in [0, 0.05) is 10.0 Å². The molecule has 3 rings (SSSR count). The van der Waals surface area contributed by atoms with Crippen LogP contribution in [0.5, 0.6) is 5.75 Å². The number of ether oxygens (including phenoxy) is 1. The van der Waals surface area contributed by atoms with Gasteiger partial charge in [0.05, 0.1) is 0 Å². The number of amides is 2.